The van der Waals surface area contributed by atoms with Crippen molar-refractivity contribution < 1.29 is 14.7 Å². The van der Waals surface area contributed by atoms with Crippen LogP contribution in [-0.2, 0) is 16.0 Å². The Balaban J connectivity index is 1.76. The third-order valence-corrected chi connectivity index (χ3v) is 6.38. The molecule has 27 heavy (non-hydrogen) atoms. The number of hydrogen-bond donors (Lipinski definition) is 2. The van der Waals surface area contributed by atoms with Gasteiger partial charge in [-0.25, -0.2) is 0 Å². The quantitative estimate of drug-likeness (QED) is 0.725. The van der Waals surface area contributed by atoms with Crippen molar-refractivity contribution in [2.75, 3.05) is 0 Å². The van der Waals surface area contributed by atoms with Crippen LogP contribution < -0.4 is 5.32 Å². The van der Waals surface area contributed by atoms with Gasteiger partial charge in [0.2, 0.25) is 5.91 Å². The molecule has 146 valence electrons. The largest absolute Gasteiger partial charge is 0.481 e. The van der Waals surface area contributed by atoms with Crippen LogP contribution in [0.15, 0.2) is 35.4 Å². The molecule has 5 atom stereocenters. The summed E-state index contributed by atoms with van der Waals surface area (Å²) in [5.74, 6) is -1.88. The van der Waals surface area contributed by atoms with Crippen molar-refractivity contribution in [1.82, 2.24) is 5.32 Å². The van der Waals surface area contributed by atoms with E-state index in [1.54, 1.807) is 0 Å². The molecule has 1 aromatic carbocycles. The van der Waals surface area contributed by atoms with E-state index in [0.717, 1.165) is 31.2 Å². The fourth-order valence-electron chi connectivity index (χ4n) is 5.26. The average molecular weight is 370 g/mol. The number of carbonyl (C=O) groups excluding carboxylic acids is 1. The van der Waals surface area contributed by atoms with Crippen LogP contribution in [0.25, 0.3) is 0 Å². The highest BCUT2D eigenvalue weighted by Crippen LogP contribution is 2.57. The molecule has 4 heteroatoms. The summed E-state index contributed by atoms with van der Waals surface area (Å²) >= 11 is 0. The summed E-state index contributed by atoms with van der Waals surface area (Å²) in [6.07, 6.45) is 3.98. The minimum atomic E-state index is -0.835. The van der Waals surface area contributed by atoms with Gasteiger partial charge < -0.3 is 10.4 Å². The van der Waals surface area contributed by atoms with Crippen molar-refractivity contribution in [3.63, 3.8) is 0 Å². The second-order valence-electron chi connectivity index (χ2n) is 8.36. The Hall–Kier alpha value is -2.10. The second kappa shape index (κ2) is 7.87. The zero-order chi connectivity index (χ0) is 19.7. The maximum atomic E-state index is 13.1. The van der Waals surface area contributed by atoms with Crippen molar-refractivity contribution in [3.05, 3.63) is 46.5 Å². The number of aryl methyl sites for hydroxylation is 1. The Kier molecular flexibility index (Phi) is 5.73. The van der Waals surface area contributed by atoms with Gasteiger partial charge in [0.25, 0.3) is 0 Å². The summed E-state index contributed by atoms with van der Waals surface area (Å²) in [7, 11) is 0. The van der Waals surface area contributed by atoms with Crippen molar-refractivity contribution in [2.24, 2.45) is 23.7 Å². The lowest BCUT2D eigenvalue weighted by atomic mass is 9.78. The summed E-state index contributed by atoms with van der Waals surface area (Å²) in [4.78, 5) is 25.0. The van der Waals surface area contributed by atoms with Gasteiger partial charge in [-0.1, -0.05) is 48.8 Å². The van der Waals surface area contributed by atoms with Crippen LogP contribution in [0.3, 0.4) is 0 Å². The third kappa shape index (κ3) is 3.67. The molecule has 3 rings (SSSR count). The van der Waals surface area contributed by atoms with Gasteiger partial charge in [-0.3, -0.25) is 9.59 Å². The fourth-order valence-corrected chi connectivity index (χ4v) is 5.26. The molecule has 1 aromatic rings. The van der Waals surface area contributed by atoms with Crippen molar-refractivity contribution in [1.29, 1.82) is 0 Å². The van der Waals surface area contributed by atoms with E-state index >= 15 is 0 Å². The summed E-state index contributed by atoms with van der Waals surface area (Å²) in [6, 6.07) is 8.22. The van der Waals surface area contributed by atoms with Crippen LogP contribution in [0.5, 0.6) is 0 Å². The normalized spacial score (nSPS) is 27.5. The Bertz CT molecular complexity index is 745. The first-order chi connectivity index (χ1) is 12.8. The molecular formula is C23H31NO3. The zero-order valence-corrected chi connectivity index (χ0v) is 16.8. The van der Waals surface area contributed by atoms with E-state index in [2.05, 4.69) is 36.5 Å². The molecule has 2 saturated carbocycles. The molecule has 2 bridgehead atoms. The third-order valence-electron chi connectivity index (χ3n) is 6.38. The van der Waals surface area contributed by atoms with Crippen molar-refractivity contribution >= 4 is 11.9 Å². The lowest BCUT2D eigenvalue weighted by molar-refractivity contribution is -0.149. The predicted molar refractivity (Wildman–Crippen MR) is 106 cm³/mol. The summed E-state index contributed by atoms with van der Waals surface area (Å²) in [5, 5.41) is 12.9. The maximum Gasteiger partial charge on any atom is 0.307 e. The number of benzene rings is 1. The van der Waals surface area contributed by atoms with E-state index in [1.165, 1.54) is 16.7 Å². The first-order valence-corrected chi connectivity index (χ1v) is 10.1. The molecule has 0 saturated heterocycles. The van der Waals surface area contributed by atoms with E-state index in [1.807, 2.05) is 20.8 Å². The van der Waals surface area contributed by atoms with Crippen molar-refractivity contribution in [3.8, 4) is 0 Å². The maximum absolute atomic E-state index is 13.1. The minimum Gasteiger partial charge on any atom is -0.481 e. The highest BCUT2D eigenvalue weighted by Gasteiger charge is 2.57. The van der Waals surface area contributed by atoms with Gasteiger partial charge in [0.1, 0.15) is 0 Å². The molecule has 0 unspecified atom stereocenters. The Labute approximate surface area is 162 Å². The molecule has 2 fully saturated rings. The summed E-state index contributed by atoms with van der Waals surface area (Å²) in [6.45, 7) is 8.21. The van der Waals surface area contributed by atoms with Crippen LogP contribution in [-0.4, -0.2) is 17.0 Å². The van der Waals surface area contributed by atoms with E-state index < -0.39 is 17.8 Å². The number of carboxylic acids is 1. The fraction of sp³-hybridized carbons (Fsp3) is 0.565. The highest BCUT2D eigenvalue weighted by molar-refractivity contribution is 5.87. The van der Waals surface area contributed by atoms with Gasteiger partial charge in [0.05, 0.1) is 17.9 Å². The number of aliphatic carboxylic acids is 1. The number of carbonyl (C=O) groups is 2. The predicted octanol–water partition coefficient (Wildman–Crippen LogP) is 4.51. The van der Waals surface area contributed by atoms with Gasteiger partial charge in [-0.15, -0.1) is 0 Å². The van der Waals surface area contributed by atoms with Crippen LogP contribution >= 0.6 is 0 Å². The van der Waals surface area contributed by atoms with Crippen LogP contribution in [0, 0.1) is 23.7 Å². The van der Waals surface area contributed by atoms with E-state index in [-0.39, 0.29) is 23.8 Å². The zero-order valence-electron chi connectivity index (χ0n) is 16.8. The smallest absolute Gasteiger partial charge is 0.307 e. The van der Waals surface area contributed by atoms with Gasteiger partial charge in [0.15, 0.2) is 0 Å². The molecule has 4 nitrogen and oxygen atoms in total. The van der Waals surface area contributed by atoms with E-state index in [9.17, 15) is 14.7 Å². The van der Waals surface area contributed by atoms with E-state index in [0.29, 0.717) is 0 Å². The lowest BCUT2D eigenvalue weighted by Crippen LogP contribution is -2.42. The molecular weight excluding hydrogens is 338 g/mol. The Morgan fingerprint density at radius 2 is 1.70 bits per heavy atom. The molecule has 2 aliphatic rings. The topological polar surface area (TPSA) is 66.4 Å². The Morgan fingerprint density at radius 1 is 1.11 bits per heavy atom. The standard InChI is InChI=1S/C23H31NO3/c1-5-6-15-7-9-16(10-8-15)14(4)24-22(25)20-17-11-12-18(19(17)13(2)3)21(20)23(26)27/h7-10,14,17-18,20-21H,5-6,11-12H2,1-4H3,(H,24,25)(H,26,27)/t14-,17-,18-,20-,21+/m1/s1. The molecule has 0 spiro atoms. The molecule has 0 radical (unpaired) electrons. The van der Waals surface area contributed by atoms with E-state index in [4.69, 9.17) is 0 Å². The minimum absolute atomic E-state index is 0.0249. The molecule has 0 heterocycles. The summed E-state index contributed by atoms with van der Waals surface area (Å²) < 4.78 is 0. The molecule has 1 amide bonds. The number of hydrogen-bond acceptors (Lipinski definition) is 2. The summed E-state index contributed by atoms with van der Waals surface area (Å²) in [5.41, 5.74) is 4.76. The molecule has 2 N–H and O–H groups in total. The molecule has 0 aromatic heterocycles. The number of nitrogens with one attached hydrogen (secondary N) is 1. The van der Waals surface area contributed by atoms with Crippen LogP contribution in [0.4, 0.5) is 0 Å². The average Bonchev–Trinajstić information content (AvgIpc) is 3.18. The van der Waals surface area contributed by atoms with Gasteiger partial charge in [-0.05, 0) is 63.0 Å². The number of amides is 1. The SMILES string of the molecule is CCCc1ccc([C@@H](C)NC(=O)[C@H]2[C@@H](C(=O)O)[C@@H]3CC[C@@H]2C3=C(C)C)cc1. The number of rotatable bonds is 6. The lowest BCUT2D eigenvalue weighted by Gasteiger charge is -2.28. The van der Waals surface area contributed by atoms with Gasteiger partial charge >= 0.3 is 5.97 Å². The molecule has 2 aliphatic carbocycles. The molecule has 0 aliphatic heterocycles. The van der Waals surface area contributed by atoms with Crippen LogP contribution in [0.1, 0.15) is 64.1 Å². The van der Waals surface area contributed by atoms with Crippen LogP contribution in [0.2, 0.25) is 0 Å². The first kappa shape index (κ1) is 19.7. The monoisotopic (exact) mass is 369 g/mol. The van der Waals surface area contributed by atoms with Gasteiger partial charge in [-0.2, -0.15) is 0 Å². The number of fused-ring (bicyclic) bond motifs is 2. The Morgan fingerprint density at radius 3 is 2.22 bits per heavy atom. The first-order valence-electron chi connectivity index (χ1n) is 10.1. The second-order valence-corrected chi connectivity index (χ2v) is 8.36. The number of carboxylic acid groups (broad SMARTS) is 1. The van der Waals surface area contributed by atoms with Crippen molar-refractivity contribution in [2.45, 2.75) is 59.4 Å². The van der Waals surface area contributed by atoms with Gasteiger partial charge in [0, 0.05) is 0 Å². The highest BCUT2D eigenvalue weighted by atomic mass is 16.4. The number of allylic oxidation sites excluding steroid dienone is 2.